The second-order valence-corrected chi connectivity index (χ2v) is 6.16. The molecule has 112 valence electrons. The summed E-state index contributed by atoms with van der Waals surface area (Å²) in [5.74, 6) is 0.219. The molecule has 2 rings (SSSR count). The zero-order valence-electron chi connectivity index (χ0n) is 12.7. The van der Waals surface area contributed by atoms with Crippen molar-refractivity contribution in [2.75, 3.05) is 0 Å². The first-order valence-corrected chi connectivity index (χ1v) is 6.97. The van der Waals surface area contributed by atoms with Crippen molar-refractivity contribution in [2.24, 2.45) is 5.92 Å². The van der Waals surface area contributed by atoms with Crippen LogP contribution in [0.5, 0.6) is 5.75 Å². The lowest BCUT2D eigenvalue weighted by Crippen LogP contribution is -2.58. The number of hydrogen-bond donors (Lipinski definition) is 2. The van der Waals surface area contributed by atoms with Gasteiger partial charge in [-0.3, -0.25) is 4.79 Å². The zero-order valence-corrected chi connectivity index (χ0v) is 12.7. The summed E-state index contributed by atoms with van der Waals surface area (Å²) in [5, 5.41) is 22.4. The Labute approximate surface area is 124 Å². The van der Waals surface area contributed by atoms with Crippen LogP contribution in [0.2, 0.25) is 0 Å². The van der Waals surface area contributed by atoms with Crippen molar-refractivity contribution in [3.05, 3.63) is 29.3 Å². The smallest absolute Gasteiger partial charge is 0.223 e. The second-order valence-electron chi connectivity index (χ2n) is 6.16. The van der Waals surface area contributed by atoms with Gasteiger partial charge in [0.2, 0.25) is 5.91 Å². The van der Waals surface area contributed by atoms with Crippen LogP contribution in [0, 0.1) is 17.2 Å². The summed E-state index contributed by atoms with van der Waals surface area (Å²) in [7, 11) is 0. The molecule has 0 radical (unpaired) electrons. The summed E-state index contributed by atoms with van der Waals surface area (Å²) < 4.78 is 5.90. The average molecular weight is 288 g/mol. The molecule has 1 amide bonds. The minimum atomic E-state index is -0.917. The quantitative estimate of drug-likeness (QED) is 0.870. The van der Waals surface area contributed by atoms with E-state index in [0.29, 0.717) is 16.9 Å². The van der Waals surface area contributed by atoms with Crippen molar-refractivity contribution >= 4 is 5.91 Å². The van der Waals surface area contributed by atoms with Gasteiger partial charge in [-0.2, -0.15) is 5.26 Å². The lowest BCUT2D eigenvalue weighted by Gasteiger charge is -2.43. The third-order valence-corrected chi connectivity index (χ3v) is 3.72. The third-order valence-electron chi connectivity index (χ3n) is 3.72. The second kappa shape index (κ2) is 5.38. The van der Waals surface area contributed by atoms with E-state index >= 15 is 0 Å². The number of ether oxygens (including phenoxy) is 1. The van der Waals surface area contributed by atoms with Gasteiger partial charge in [0.15, 0.2) is 0 Å². The molecule has 0 saturated carbocycles. The maximum absolute atomic E-state index is 11.9. The fraction of sp³-hybridized carbons (Fsp3) is 0.500. The van der Waals surface area contributed by atoms with Crippen LogP contribution < -0.4 is 10.1 Å². The minimum absolute atomic E-state index is 0.143. The molecule has 0 aromatic heterocycles. The first kappa shape index (κ1) is 15.3. The van der Waals surface area contributed by atoms with Crippen LogP contribution in [0.4, 0.5) is 0 Å². The molecule has 2 N–H and O–H groups in total. The van der Waals surface area contributed by atoms with Crippen molar-refractivity contribution in [3.63, 3.8) is 0 Å². The molecule has 5 nitrogen and oxygen atoms in total. The summed E-state index contributed by atoms with van der Waals surface area (Å²) >= 11 is 0. The molecular formula is C16H20N2O3. The number of carbonyl (C=O) groups is 1. The minimum Gasteiger partial charge on any atom is -0.485 e. The third kappa shape index (κ3) is 2.86. The van der Waals surface area contributed by atoms with Crippen LogP contribution in [-0.4, -0.2) is 22.7 Å². The Morgan fingerprint density at radius 3 is 2.71 bits per heavy atom. The van der Waals surface area contributed by atoms with Gasteiger partial charge in [0.25, 0.3) is 0 Å². The molecule has 1 aromatic rings. The van der Waals surface area contributed by atoms with Gasteiger partial charge >= 0.3 is 0 Å². The van der Waals surface area contributed by atoms with Gasteiger partial charge in [-0.15, -0.1) is 0 Å². The highest BCUT2D eigenvalue weighted by atomic mass is 16.5. The van der Waals surface area contributed by atoms with E-state index in [1.807, 2.05) is 19.9 Å². The molecule has 0 aliphatic carbocycles. The Morgan fingerprint density at radius 1 is 1.48 bits per heavy atom. The number of amides is 1. The molecule has 1 heterocycles. The molecule has 2 unspecified atom stereocenters. The van der Waals surface area contributed by atoms with Crippen molar-refractivity contribution in [1.82, 2.24) is 5.32 Å². The highest BCUT2D eigenvalue weighted by Gasteiger charge is 2.44. The predicted octanol–water partition coefficient (Wildman–Crippen LogP) is 1.90. The van der Waals surface area contributed by atoms with Crippen LogP contribution in [0.3, 0.4) is 0 Å². The number of nitriles is 1. The Hall–Kier alpha value is -2.06. The van der Waals surface area contributed by atoms with E-state index in [4.69, 9.17) is 10.00 Å². The molecule has 1 aromatic carbocycles. The number of aliphatic hydroxyl groups is 1. The summed E-state index contributed by atoms with van der Waals surface area (Å²) in [6.45, 7) is 7.23. The van der Waals surface area contributed by atoms with Crippen molar-refractivity contribution in [2.45, 2.75) is 45.4 Å². The van der Waals surface area contributed by atoms with Crippen LogP contribution in [0.25, 0.3) is 0 Å². The van der Waals surface area contributed by atoms with Gasteiger partial charge in [-0.1, -0.05) is 13.8 Å². The first-order valence-electron chi connectivity index (χ1n) is 6.97. The Morgan fingerprint density at radius 2 is 2.14 bits per heavy atom. The zero-order chi connectivity index (χ0) is 15.8. The number of rotatable bonds is 2. The number of nitrogens with zero attached hydrogens (tertiary/aromatic N) is 1. The fourth-order valence-electron chi connectivity index (χ4n) is 2.42. The SMILES string of the molecule is CC(C)C(=O)NC1C(O)c2cc(C#N)ccc2OC1(C)C. The van der Waals surface area contributed by atoms with Gasteiger partial charge in [-0.05, 0) is 32.0 Å². The lowest BCUT2D eigenvalue weighted by atomic mass is 9.85. The van der Waals surface area contributed by atoms with Gasteiger partial charge in [0, 0.05) is 11.5 Å². The molecule has 5 heteroatoms. The fourth-order valence-corrected chi connectivity index (χ4v) is 2.42. The van der Waals surface area contributed by atoms with Gasteiger partial charge in [0.1, 0.15) is 17.5 Å². The van der Waals surface area contributed by atoms with Crippen LogP contribution in [0.15, 0.2) is 18.2 Å². The molecule has 2 atom stereocenters. The molecule has 0 saturated heterocycles. The van der Waals surface area contributed by atoms with Gasteiger partial charge in [0.05, 0.1) is 17.7 Å². The largest absolute Gasteiger partial charge is 0.485 e. The van der Waals surface area contributed by atoms with Gasteiger partial charge in [-0.25, -0.2) is 0 Å². The number of aliphatic hydroxyl groups excluding tert-OH is 1. The summed E-state index contributed by atoms with van der Waals surface area (Å²) in [4.78, 5) is 11.9. The van der Waals surface area contributed by atoms with Crippen LogP contribution >= 0.6 is 0 Å². The molecule has 1 aliphatic heterocycles. The van der Waals surface area contributed by atoms with Crippen molar-refractivity contribution in [3.8, 4) is 11.8 Å². The van der Waals surface area contributed by atoms with E-state index in [1.54, 1.807) is 32.0 Å². The molecular weight excluding hydrogens is 268 g/mol. The predicted molar refractivity (Wildman–Crippen MR) is 77.6 cm³/mol. The first-order chi connectivity index (χ1) is 9.76. The Bertz CT molecular complexity index is 602. The summed E-state index contributed by atoms with van der Waals surface area (Å²) in [5.41, 5.74) is 0.234. The normalized spacial score (nSPS) is 22.9. The Kier molecular flexibility index (Phi) is 3.93. The highest BCUT2D eigenvalue weighted by Crippen LogP contribution is 2.40. The van der Waals surface area contributed by atoms with Gasteiger partial charge < -0.3 is 15.2 Å². The van der Waals surface area contributed by atoms with Crippen LogP contribution in [-0.2, 0) is 4.79 Å². The summed E-state index contributed by atoms with van der Waals surface area (Å²) in [6, 6.07) is 6.39. The van der Waals surface area contributed by atoms with Crippen molar-refractivity contribution in [1.29, 1.82) is 5.26 Å². The standard InChI is InChI=1S/C16H20N2O3/c1-9(2)15(20)18-14-13(19)11-7-10(8-17)5-6-12(11)21-16(14,3)4/h5-7,9,13-14,19H,1-4H3,(H,18,20). The number of nitrogens with one attached hydrogen (secondary N) is 1. The number of fused-ring (bicyclic) bond motifs is 1. The highest BCUT2D eigenvalue weighted by molar-refractivity contribution is 5.78. The molecule has 0 fully saturated rings. The summed E-state index contributed by atoms with van der Waals surface area (Å²) in [6.07, 6.45) is -0.917. The average Bonchev–Trinajstić information content (AvgIpc) is 2.42. The Balaban J connectivity index is 2.39. The van der Waals surface area contributed by atoms with Crippen molar-refractivity contribution < 1.29 is 14.6 Å². The topological polar surface area (TPSA) is 82.4 Å². The van der Waals surface area contributed by atoms with Crippen LogP contribution in [0.1, 0.15) is 44.9 Å². The number of hydrogen-bond acceptors (Lipinski definition) is 4. The maximum atomic E-state index is 11.9. The van der Waals surface area contributed by atoms with E-state index in [9.17, 15) is 9.90 Å². The molecule has 1 aliphatic rings. The van der Waals surface area contributed by atoms with E-state index in [1.165, 1.54) is 0 Å². The van der Waals surface area contributed by atoms with E-state index in [0.717, 1.165) is 0 Å². The molecule has 0 spiro atoms. The van der Waals surface area contributed by atoms with E-state index in [2.05, 4.69) is 5.32 Å². The maximum Gasteiger partial charge on any atom is 0.223 e. The molecule has 21 heavy (non-hydrogen) atoms. The lowest BCUT2D eigenvalue weighted by molar-refractivity contribution is -0.129. The monoisotopic (exact) mass is 288 g/mol. The van der Waals surface area contributed by atoms with E-state index < -0.39 is 17.7 Å². The number of carbonyl (C=O) groups excluding carboxylic acids is 1. The van der Waals surface area contributed by atoms with E-state index in [-0.39, 0.29) is 11.8 Å². The number of benzene rings is 1. The molecule has 0 bridgehead atoms.